The summed E-state index contributed by atoms with van der Waals surface area (Å²) >= 11 is 5.79. The average molecular weight is 343 g/mol. The molecular formula is C16H23ClN2O4. The summed E-state index contributed by atoms with van der Waals surface area (Å²) in [5, 5.41) is 22.0. The van der Waals surface area contributed by atoms with E-state index in [1.807, 2.05) is 13.8 Å². The van der Waals surface area contributed by atoms with Crippen LogP contribution in [0.4, 0.5) is 0 Å². The molecule has 1 aromatic carbocycles. The SMILES string of the molecule is CC(C)C[C@H](NC(=O)[C@@H](O)[C@H](N)Cc1ccc(Cl)cc1)C(=O)O. The van der Waals surface area contributed by atoms with E-state index >= 15 is 0 Å². The molecule has 128 valence electrons. The predicted octanol–water partition coefficient (Wildman–Crippen LogP) is 1.19. The Labute approximate surface area is 140 Å². The third-order valence-corrected chi connectivity index (χ3v) is 3.63. The number of aliphatic hydroxyl groups is 1. The molecule has 1 amide bonds. The standard InChI is InChI=1S/C16H23ClN2O4/c1-9(2)7-13(16(22)23)19-15(21)14(20)12(18)8-10-3-5-11(17)6-4-10/h3-6,9,12-14,20H,7-8,18H2,1-2H3,(H,19,21)(H,22,23)/t12-,13+,14+/m1/s1. The van der Waals surface area contributed by atoms with Crippen LogP contribution < -0.4 is 11.1 Å². The number of benzene rings is 1. The number of nitrogens with two attached hydrogens (primary N) is 1. The van der Waals surface area contributed by atoms with Crippen molar-refractivity contribution in [2.24, 2.45) is 11.7 Å². The number of carbonyl (C=O) groups is 2. The van der Waals surface area contributed by atoms with Gasteiger partial charge < -0.3 is 21.3 Å². The summed E-state index contributed by atoms with van der Waals surface area (Å²) in [6, 6.07) is 5.01. The van der Waals surface area contributed by atoms with Crippen molar-refractivity contribution in [3.05, 3.63) is 34.9 Å². The molecule has 0 bridgehead atoms. The van der Waals surface area contributed by atoms with Gasteiger partial charge in [-0.15, -0.1) is 0 Å². The van der Waals surface area contributed by atoms with E-state index in [2.05, 4.69) is 5.32 Å². The number of rotatable bonds is 8. The minimum absolute atomic E-state index is 0.0938. The number of carboxylic acid groups (broad SMARTS) is 1. The Morgan fingerprint density at radius 2 is 1.83 bits per heavy atom. The zero-order valence-electron chi connectivity index (χ0n) is 13.2. The van der Waals surface area contributed by atoms with Crippen molar-refractivity contribution in [2.45, 2.75) is 44.9 Å². The molecule has 0 saturated carbocycles. The fourth-order valence-electron chi connectivity index (χ4n) is 2.15. The van der Waals surface area contributed by atoms with Gasteiger partial charge in [0, 0.05) is 11.1 Å². The van der Waals surface area contributed by atoms with E-state index in [-0.39, 0.29) is 18.8 Å². The van der Waals surface area contributed by atoms with Gasteiger partial charge in [0.25, 0.3) is 5.91 Å². The molecule has 7 heteroatoms. The number of amides is 1. The molecule has 1 rings (SSSR count). The van der Waals surface area contributed by atoms with Crippen molar-refractivity contribution in [3.63, 3.8) is 0 Å². The fraction of sp³-hybridized carbons (Fsp3) is 0.500. The molecule has 3 atom stereocenters. The Balaban J connectivity index is 2.63. The summed E-state index contributed by atoms with van der Waals surface area (Å²) in [7, 11) is 0. The third kappa shape index (κ3) is 6.56. The number of hydrogen-bond acceptors (Lipinski definition) is 4. The van der Waals surface area contributed by atoms with Crippen LogP contribution in [0.1, 0.15) is 25.8 Å². The second-order valence-corrected chi connectivity index (χ2v) is 6.40. The maximum Gasteiger partial charge on any atom is 0.326 e. The normalized spacial score (nSPS) is 15.0. The number of halogens is 1. The van der Waals surface area contributed by atoms with Crippen molar-refractivity contribution in [1.82, 2.24) is 5.32 Å². The minimum Gasteiger partial charge on any atom is -0.480 e. The lowest BCUT2D eigenvalue weighted by Gasteiger charge is -2.22. The monoisotopic (exact) mass is 342 g/mol. The van der Waals surface area contributed by atoms with E-state index in [9.17, 15) is 14.7 Å². The van der Waals surface area contributed by atoms with E-state index < -0.39 is 30.1 Å². The predicted molar refractivity (Wildman–Crippen MR) is 88.2 cm³/mol. The van der Waals surface area contributed by atoms with Crippen LogP contribution in [0.2, 0.25) is 5.02 Å². The van der Waals surface area contributed by atoms with Gasteiger partial charge in [-0.25, -0.2) is 4.79 Å². The van der Waals surface area contributed by atoms with Gasteiger partial charge in [-0.3, -0.25) is 4.79 Å². The van der Waals surface area contributed by atoms with Crippen molar-refractivity contribution in [3.8, 4) is 0 Å². The van der Waals surface area contributed by atoms with E-state index in [0.29, 0.717) is 5.02 Å². The molecule has 1 aromatic rings. The minimum atomic E-state index is -1.49. The lowest BCUT2D eigenvalue weighted by Crippen LogP contribution is -2.52. The van der Waals surface area contributed by atoms with Gasteiger partial charge in [0.15, 0.2) is 0 Å². The highest BCUT2D eigenvalue weighted by Crippen LogP contribution is 2.12. The average Bonchev–Trinajstić information content (AvgIpc) is 2.47. The van der Waals surface area contributed by atoms with Crippen LogP contribution in [0, 0.1) is 5.92 Å². The number of nitrogens with one attached hydrogen (secondary N) is 1. The summed E-state index contributed by atoms with van der Waals surface area (Å²) < 4.78 is 0. The Morgan fingerprint density at radius 3 is 2.30 bits per heavy atom. The number of aliphatic carboxylic acids is 1. The maximum atomic E-state index is 12.0. The maximum absolute atomic E-state index is 12.0. The first-order valence-corrected chi connectivity index (χ1v) is 7.79. The van der Waals surface area contributed by atoms with Crippen molar-refractivity contribution >= 4 is 23.5 Å². The van der Waals surface area contributed by atoms with Gasteiger partial charge in [-0.2, -0.15) is 0 Å². The van der Waals surface area contributed by atoms with Gasteiger partial charge in [0.1, 0.15) is 12.1 Å². The van der Waals surface area contributed by atoms with Gasteiger partial charge in [0.05, 0.1) is 0 Å². The van der Waals surface area contributed by atoms with Crippen LogP contribution in [-0.2, 0) is 16.0 Å². The smallest absolute Gasteiger partial charge is 0.326 e. The highest BCUT2D eigenvalue weighted by Gasteiger charge is 2.28. The van der Waals surface area contributed by atoms with Crippen LogP contribution in [0.3, 0.4) is 0 Å². The summed E-state index contributed by atoms with van der Waals surface area (Å²) in [4.78, 5) is 23.1. The van der Waals surface area contributed by atoms with E-state index in [0.717, 1.165) is 5.56 Å². The molecule has 0 fully saturated rings. The van der Waals surface area contributed by atoms with Crippen LogP contribution in [-0.4, -0.2) is 40.3 Å². The fourth-order valence-corrected chi connectivity index (χ4v) is 2.27. The number of aliphatic hydroxyl groups excluding tert-OH is 1. The van der Waals surface area contributed by atoms with E-state index in [4.69, 9.17) is 22.4 Å². The molecule has 0 saturated heterocycles. The zero-order chi connectivity index (χ0) is 17.6. The molecule has 5 N–H and O–H groups in total. The lowest BCUT2D eigenvalue weighted by molar-refractivity contribution is -0.144. The van der Waals surface area contributed by atoms with E-state index in [1.165, 1.54) is 0 Å². The number of hydrogen-bond donors (Lipinski definition) is 4. The summed E-state index contributed by atoms with van der Waals surface area (Å²) in [6.45, 7) is 3.70. The quantitative estimate of drug-likeness (QED) is 0.566. The molecule has 0 radical (unpaired) electrons. The molecule has 0 aliphatic rings. The Morgan fingerprint density at radius 1 is 1.26 bits per heavy atom. The second-order valence-electron chi connectivity index (χ2n) is 5.97. The highest BCUT2D eigenvalue weighted by atomic mass is 35.5. The van der Waals surface area contributed by atoms with Crippen molar-refractivity contribution in [2.75, 3.05) is 0 Å². The molecule has 0 unspecified atom stereocenters. The first kappa shape index (κ1) is 19.4. The van der Waals surface area contributed by atoms with Crippen molar-refractivity contribution in [1.29, 1.82) is 0 Å². The largest absolute Gasteiger partial charge is 0.480 e. The summed E-state index contributed by atoms with van der Waals surface area (Å²) in [6.07, 6.45) is -0.937. The molecular weight excluding hydrogens is 320 g/mol. The van der Waals surface area contributed by atoms with Gasteiger partial charge in [0.2, 0.25) is 0 Å². The Kier molecular flexibility index (Phi) is 7.48. The molecule has 0 aromatic heterocycles. The summed E-state index contributed by atoms with van der Waals surface area (Å²) in [5.41, 5.74) is 6.67. The third-order valence-electron chi connectivity index (χ3n) is 3.38. The summed E-state index contributed by atoms with van der Waals surface area (Å²) in [5.74, 6) is -1.82. The van der Waals surface area contributed by atoms with Crippen LogP contribution in [0.5, 0.6) is 0 Å². The molecule has 0 aliphatic carbocycles. The Bertz CT molecular complexity index is 533. The highest BCUT2D eigenvalue weighted by molar-refractivity contribution is 6.30. The molecule has 0 aliphatic heterocycles. The molecule has 0 heterocycles. The zero-order valence-corrected chi connectivity index (χ0v) is 14.0. The van der Waals surface area contributed by atoms with Crippen molar-refractivity contribution < 1.29 is 19.8 Å². The lowest BCUT2D eigenvalue weighted by atomic mass is 10.00. The molecule has 0 spiro atoms. The van der Waals surface area contributed by atoms with Crippen LogP contribution in [0.25, 0.3) is 0 Å². The first-order valence-electron chi connectivity index (χ1n) is 7.42. The molecule has 23 heavy (non-hydrogen) atoms. The number of carboxylic acids is 1. The number of carbonyl (C=O) groups excluding carboxylic acids is 1. The Hall–Kier alpha value is -1.63. The van der Waals surface area contributed by atoms with Crippen LogP contribution >= 0.6 is 11.6 Å². The second kappa shape index (κ2) is 8.86. The topological polar surface area (TPSA) is 113 Å². The van der Waals surface area contributed by atoms with Crippen LogP contribution in [0.15, 0.2) is 24.3 Å². The van der Waals surface area contributed by atoms with Gasteiger partial charge >= 0.3 is 5.97 Å². The van der Waals surface area contributed by atoms with Gasteiger partial charge in [-0.05, 0) is 36.5 Å². The van der Waals surface area contributed by atoms with Gasteiger partial charge in [-0.1, -0.05) is 37.6 Å². The molecule has 6 nitrogen and oxygen atoms in total. The first-order chi connectivity index (χ1) is 10.7. The van der Waals surface area contributed by atoms with E-state index in [1.54, 1.807) is 24.3 Å².